The highest BCUT2D eigenvalue weighted by molar-refractivity contribution is 6.03. The number of hydrogen-bond acceptors (Lipinski definition) is 3. The molecular formula is C19H18N2O3. The lowest BCUT2D eigenvalue weighted by Gasteiger charge is -2.23. The van der Waals surface area contributed by atoms with E-state index in [-0.39, 0.29) is 17.6 Å². The van der Waals surface area contributed by atoms with Crippen LogP contribution in [0.5, 0.6) is 0 Å². The van der Waals surface area contributed by atoms with Crippen LogP contribution in [-0.4, -0.2) is 28.5 Å². The van der Waals surface area contributed by atoms with E-state index in [0.717, 1.165) is 5.56 Å². The van der Waals surface area contributed by atoms with Crippen molar-refractivity contribution in [3.05, 3.63) is 65.2 Å². The van der Waals surface area contributed by atoms with Crippen molar-refractivity contribution < 1.29 is 14.4 Å². The first-order chi connectivity index (χ1) is 11.5. The van der Waals surface area contributed by atoms with E-state index < -0.39 is 6.04 Å². The molecule has 3 rings (SSSR count). The first-order valence-electron chi connectivity index (χ1n) is 7.78. The van der Waals surface area contributed by atoms with Gasteiger partial charge in [-0.3, -0.25) is 14.4 Å². The highest BCUT2D eigenvalue weighted by atomic mass is 16.2. The molecule has 0 radical (unpaired) electrons. The number of benzene rings is 2. The third-order valence-corrected chi connectivity index (χ3v) is 4.26. The number of fused-ring (bicyclic) bond motifs is 1. The maximum absolute atomic E-state index is 12.4. The van der Waals surface area contributed by atoms with E-state index in [1.54, 1.807) is 42.2 Å². The van der Waals surface area contributed by atoms with Crippen LogP contribution < -0.4 is 5.32 Å². The van der Waals surface area contributed by atoms with Gasteiger partial charge in [-0.2, -0.15) is 0 Å². The number of carbonyl (C=O) groups excluding carboxylic acids is 3. The molecule has 5 nitrogen and oxygen atoms in total. The van der Waals surface area contributed by atoms with Crippen LogP contribution in [0, 0.1) is 0 Å². The third-order valence-electron chi connectivity index (χ3n) is 4.26. The lowest BCUT2D eigenvalue weighted by atomic mass is 10.1. The first kappa shape index (κ1) is 15.9. The van der Waals surface area contributed by atoms with Crippen LogP contribution in [0.2, 0.25) is 0 Å². The summed E-state index contributed by atoms with van der Waals surface area (Å²) in [4.78, 5) is 37.7. The van der Waals surface area contributed by atoms with Crippen LogP contribution in [0.1, 0.15) is 40.1 Å². The summed E-state index contributed by atoms with van der Waals surface area (Å²) in [5, 5.41) is 2.79. The molecule has 2 aromatic carbocycles. The average molecular weight is 322 g/mol. The molecule has 1 unspecified atom stereocenters. The quantitative estimate of drug-likeness (QED) is 0.880. The van der Waals surface area contributed by atoms with Crippen LogP contribution in [0.15, 0.2) is 48.5 Å². The fraction of sp³-hybridized carbons (Fsp3) is 0.211. The summed E-state index contributed by atoms with van der Waals surface area (Å²) < 4.78 is 0. The summed E-state index contributed by atoms with van der Waals surface area (Å²) >= 11 is 0. The fourth-order valence-electron chi connectivity index (χ4n) is 2.77. The Morgan fingerprint density at radius 3 is 2.38 bits per heavy atom. The van der Waals surface area contributed by atoms with E-state index in [9.17, 15) is 14.4 Å². The van der Waals surface area contributed by atoms with Gasteiger partial charge in [-0.25, -0.2) is 0 Å². The molecule has 1 atom stereocenters. The van der Waals surface area contributed by atoms with Crippen LogP contribution >= 0.6 is 0 Å². The van der Waals surface area contributed by atoms with Crippen LogP contribution in [0.3, 0.4) is 0 Å². The van der Waals surface area contributed by atoms with E-state index in [1.807, 2.05) is 18.2 Å². The smallest absolute Gasteiger partial charge is 0.255 e. The van der Waals surface area contributed by atoms with Gasteiger partial charge in [-0.15, -0.1) is 0 Å². The molecule has 1 aliphatic rings. The molecule has 24 heavy (non-hydrogen) atoms. The minimum atomic E-state index is -0.586. The standard InChI is InChI=1S/C19H18N2O3/c1-12(21-11-15-5-3-4-6-17(15)19(21)24)18(23)20-16-9-7-14(8-10-16)13(2)22/h3-10,12H,11H2,1-2H3,(H,20,23). The molecule has 1 heterocycles. The lowest BCUT2D eigenvalue weighted by Crippen LogP contribution is -2.42. The van der Waals surface area contributed by atoms with E-state index in [2.05, 4.69) is 5.32 Å². The highest BCUT2D eigenvalue weighted by Gasteiger charge is 2.33. The molecule has 0 bridgehead atoms. The summed E-state index contributed by atoms with van der Waals surface area (Å²) in [7, 11) is 0. The van der Waals surface area contributed by atoms with Gasteiger partial charge in [0, 0.05) is 23.4 Å². The maximum atomic E-state index is 12.4. The number of amides is 2. The number of nitrogens with zero attached hydrogens (tertiary/aromatic N) is 1. The van der Waals surface area contributed by atoms with Crippen molar-refractivity contribution in [2.24, 2.45) is 0 Å². The zero-order chi connectivity index (χ0) is 17.3. The largest absolute Gasteiger partial charge is 0.324 e. The van der Waals surface area contributed by atoms with Crippen molar-refractivity contribution in [3.63, 3.8) is 0 Å². The van der Waals surface area contributed by atoms with Crippen molar-refractivity contribution in [3.8, 4) is 0 Å². The molecule has 0 saturated heterocycles. The van der Waals surface area contributed by atoms with Gasteiger partial charge < -0.3 is 10.2 Å². The predicted octanol–water partition coefficient (Wildman–Crippen LogP) is 2.87. The molecule has 0 spiro atoms. The fourth-order valence-corrected chi connectivity index (χ4v) is 2.77. The van der Waals surface area contributed by atoms with Crippen molar-refractivity contribution >= 4 is 23.3 Å². The average Bonchev–Trinajstić information content (AvgIpc) is 2.92. The van der Waals surface area contributed by atoms with Crippen LogP contribution in [0.4, 0.5) is 5.69 Å². The van der Waals surface area contributed by atoms with E-state index in [0.29, 0.717) is 23.4 Å². The molecule has 2 aromatic rings. The van der Waals surface area contributed by atoms with Gasteiger partial charge in [0.15, 0.2) is 5.78 Å². The SMILES string of the molecule is CC(=O)c1ccc(NC(=O)C(C)N2Cc3ccccc3C2=O)cc1. The minimum Gasteiger partial charge on any atom is -0.324 e. The van der Waals surface area contributed by atoms with Crippen molar-refractivity contribution in [1.29, 1.82) is 0 Å². The second-order valence-corrected chi connectivity index (χ2v) is 5.89. The number of rotatable bonds is 4. The second kappa shape index (κ2) is 6.28. The molecule has 0 saturated carbocycles. The van der Waals surface area contributed by atoms with E-state index in [4.69, 9.17) is 0 Å². The Hall–Kier alpha value is -2.95. The lowest BCUT2D eigenvalue weighted by molar-refractivity contribution is -0.120. The van der Waals surface area contributed by atoms with Crippen molar-refractivity contribution in [1.82, 2.24) is 4.90 Å². The number of ketones is 1. The van der Waals surface area contributed by atoms with Gasteiger partial charge in [0.2, 0.25) is 5.91 Å². The summed E-state index contributed by atoms with van der Waals surface area (Å²) in [5.74, 6) is -0.409. The Bertz CT molecular complexity index is 812. The Morgan fingerprint density at radius 2 is 1.75 bits per heavy atom. The van der Waals surface area contributed by atoms with Gasteiger partial charge >= 0.3 is 0 Å². The molecule has 0 aromatic heterocycles. The van der Waals surface area contributed by atoms with Crippen LogP contribution in [-0.2, 0) is 11.3 Å². The number of nitrogens with one attached hydrogen (secondary N) is 1. The topological polar surface area (TPSA) is 66.5 Å². The van der Waals surface area contributed by atoms with Gasteiger partial charge in [-0.1, -0.05) is 18.2 Å². The van der Waals surface area contributed by atoms with Gasteiger partial charge in [0.25, 0.3) is 5.91 Å². The number of anilines is 1. The summed E-state index contributed by atoms with van der Waals surface area (Å²) in [6, 6.07) is 13.5. The molecule has 0 aliphatic carbocycles. The molecule has 1 N–H and O–H groups in total. The third kappa shape index (κ3) is 2.93. The van der Waals surface area contributed by atoms with Crippen LogP contribution in [0.25, 0.3) is 0 Å². The normalized spacial score (nSPS) is 14.2. The monoisotopic (exact) mass is 322 g/mol. The number of hydrogen-bond donors (Lipinski definition) is 1. The summed E-state index contributed by atoms with van der Waals surface area (Å²) in [5.41, 5.74) is 2.78. The van der Waals surface area contributed by atoms with E-state index in [1.165, 1.54) is 6.92 Å². The minimum absolute atomic E-state index is 0.0262. The van der Waals surface area contributed by atoms with Crippen molar-refractivity contribution in [2.45, 2.75) is 26.4 Å². The van der Waals surface area contributed by atoms with Gasteiger partial charge in [-0.05, 0) is 49.7 Å². The predicted molar refractivity (Wildman–Crippen MR) is 90.9 cm³/mol. The number of carbonyl (C=O) groups is 3. The highest BCUT2D eigenvalue weighted by Crippen LogP contribution is 2.24. The second-order valence-electron chi connectivity index (χ2n) is 5.89. The molecule has 5 heteroatoms. The molecule has 0 fully saturated rings. The van der Waals surface area contributed by atoms with Gasteiger partial charge in [0.1, 0.15) is 6.04 Å². The zero-order valence-corrected chi connectivity index (χ0v) is 13.6. The Labute approximate surface area is 140 Å². The Balaban J connectivity index is 1.70. The first-order valence-corrected chi connectivity index (χ1v) is 7.78. The molecule has 2 amide bonds. The zero-order valence-electron chi connectivity index (χ0n) is 13.6. The molecule has 122 valence electrons. The Kier molecular flexibility index (Phi) is 4.16. The molecule has 1 aliphatic heterocycles. The molecular weight excluding hydrogens is 304 g/mol. The van der Waals surface area contributed by atoms with E-state index >= 15 is 0 Å². The Morgan fingerprint density at radius 1 is 1.08 bits per heavy atom. The number of Topliss-reactive ketones (excluding diaryl/α,β-unsaturated/α-hetero) is 1. The maximum Gasteiger partial charge on any atom is 0.255 e. The summed E-state index contributed by atoms with van der Waals surface area (Å²) in [6.07, 6.45) is 0. The van der Waals surface area contributed by atoms with Gasteiger partial charge in [0.05, 0.1) is 0 Å². The summed E-state index contributed by atoms with van der Waals surface area (Å²) in [6.45, 7) is 3.64. The van der Waals surface area contributed by atoms with Crippen molar-refractivity contribution in [2.75, 3.05) is 5.32 Å².